The number of benzene rings is 2. The molecule has 0 aliphatic carbocycles. The number of carbonyl (C=O) groups is 1. The van der Waals surface area contributed by atoms with E-state index in [9.17, 15) is 13.9 Å². The first kappa shape index (κ1) is 20.1. The predicted molar refractivity (Wildman–Crippen MR) is 111 cm³/mol. The van der Waals surface area contributed by atoms with Crippen molar-refractivity contribution in [2.24, 2.45) is 0 Å². The third-order valence-corrected chi connectivity index (χ3v) is 7.35. The van der Waals surface area contributed by atoms with Crippen molar-refractivity contribution >= 4 is 28.4 Å². The zero-order valence-electron chi connectivity index (χ0n) is 15.6. The molecule has 0 saturated carbocycles. The SMILES string of the molecule is CC(C)(C)OC(=O)NCc1ccc2c(c1)C(Sc1ccccc1)CS2(O)O. The van der Waals surface area contributed by atoms with Gasteiger partial charge in [-0.05, 0) is 50.1 Å². The van der Waals surface area contributed by atoms with Crippen LogP contribution in [0.25, 0.3) is 0 Å². The highest BCUT2D eigenvalue weighted by Gasteiger charge is 2.35. The van der Waals surface area contributed by atoms with E-state index in [4.69, 9.17) is 4.74 Å². The number of rotatable bonds is 4. The summed E-state index contributed by atoms with van der Waals surface area (Å²) in [4.78, 5) is 13.6. The van der Waals surface area contributed by atoms with Gasteiger partial charge in [0.15, 0.2) is 0 Å². The predicted octanol–water partition coefficient (Wildman–Crippen LogP) is 5.67. The van der Waals surface area contributed by atoms with Gasteiger partial charge in [-0.15, -0.1) is 11.8 Å². The van der Waals surface area contributed by atoms with Crippen molar-refractivity contribution in [2.75, 3.05) is 5.75 Å². The van der Waals surface area contributed by atoms with Crippen LogP contribution in [0.3, 0.4) is 0 Å². The molecule has 2 aromatic carbocycles. The van der Waals surface area contributed by atoms with E-state index in [1.807, 2.05) is 63.2 Å². The number of carbonyl (C=O) groups excluding carboxylic acids is 1. The fourth-order valence-corrected chi connectivity index (χ4v) is 6.42. The number of thioether (sulfide) groups is 1. The Morgan fingerprint density at radius 1 is 1.22 bits per heavy atom. The van der Waals surface area contributed by atoms with Crippen LogP contribution < -0.4 is 5.32 Å². The van der Waals surface area contributed by atoms with Crippen LogP contribution in [0.2, 0.25) is 0 Å². The van der Waals surface area contributed by atoms with E-state index in [-0.39, 0.29) is 5.25 Å². The van der Waals surface area contributed by atoms with Crippen LogP contribution in [-0.4, -0.2) is 26.6 Å². The molecule has 1 aliphatic heterocycles. The number of amides is 1. The molecule has 5 nitrogen and oxygen atoms in total. The first-order valence-corrected chi connectivity index (χ1v) is 11.3. The maximum Gasteiger partial charge on any atom is 0.407 e. The summed E-state index contributed by atoms with van der Waals surface area (Å²) >= 11 is 1.63. The van der Waals surface area contributed by atoms with Crippen LogP contribution in [0.4, 0.5) is 4.79 Å². The van der Waals surface area contributed by atoms with Crippen molar-refractivity contribution in [3.63, 3.8) is 0 Å². The topological polar surface area (TPSA) is 78.8 Å². The van der Waals surface area contributed by atoms with Gasteiger partial charge in [0.05, 0.1) is 15.9 Å². The molecule has 1 atom stereocenters. The molecule has 0 spiro atoms. The maximum atomic E-state index is 11.9. The Bertz CT molecular complexity index is 818. The molecule has 0 aromatic heterocycles. The molecule has 1 unspecified atom stereocenters. The molecule has 0 fully saturated rings. The molecular weight excluding hydrogens is 382 g/mol. The molecule has 1 amide bonds. The zero-order valence-corrected chi connectivity index (χ0v) is 17.3. The normalized spacial score (nSPS) is 19.2. The highest BCUT2D eigenvalue weighted by molar-refractivity contribution is 8.25. The van der Waals surface area contributed by atoms with E-state index in [2.05, 4.69) is 5.32 Å². The molecule has 146 valence electrons. The lowest BCUT2D eigenvalue weighted by molar-refractivity contribution is 0.0523. The standard InChI is InChI=1S/C20H25NO4S2/c1-20(2,3)25-19(22)21-12-14-9-10-18-16(11-14)17(13-27(18,23)24)26-15-7-5-4-6-8-15/h4-11,17,23-24H,12-13H2,1-3H3,(H,21,22). The lowest BCUT2D eigenvalue weighted by Gasteiger charge is -2.27. The van der Waals surface area contributed by atoms with E-state index in [1.165, 1.54) is 0 Å². The third kappa shape index (κ3) is 5.19. The summed E-state index contributed by atoms with van der Waals surface area (Å²) in [7, 11) is -2.78. The van der Waals surface area contributed by atoms with Crippen LogP contribution in [0.15, 0.2) is 58.3 Å². The highest BCUT2D eigenvalue weighted by Crippen LogP contribution is 2.62. The van der Waals surface area contributed by atoms with E-state index < -0.39 is 22.3 Å². The number of nitrogens with one attached hydrogen (secondary N) is 1. The van der Waals surface area contributed by atoms with Gasteiger partial charge in [-0.3, -0.25) is 9.11 Å². The Morgan fingerprint density at radius 3 is 2.59 bits per heavy atom. The minimum Gasteiger partial charge on any atom is -0.444 e. The van der Waals surface area contributed by atoms with E-state index >= 15 is 0 Å². The minimum absolute atomic E-state index is 0.0334. The van der Waals surface area contributed by atoms with Gasteiger partial charge < -0.3 is 10.1 Å². The number of alkyl carbamates (subject to hydrolysis) is 1. The average Bonchev–Trinajstić information content (AvgIpc) is 2.82. The second-order valence-electron chi connectivity index (χ2n) is 7.48. The van der Waals surface area contributed by atoms with Crippen molar-refractivity contribution < 1.29 is 18.6 Å². The zero-order chi connectivity index (χ0) is 19.7. The summed E-state index contributed by atoms with van der Waals surface area (Å²) in [6.45, 7) is 5.78. The molecular formula is C20H25NO4S2. The monoisotopic (exact) mass is 407 g/mol. The molecule has 1 heterocycles. The van der Waals surface area contributed by atoms with Gasteiger partial charge in [-0.1, -0.05) is 30.3 Å². The molecule has 0 bridgehead atoms. The second kappa shape index (κ2) is 7.75. The molecule has 0 saturated heterocycles. The molecule has 7 heteroatoms. The average molecular weight is 408 g/mol. The van der Waals surface area contributed by atoms with Crippen molar-refractivity contribution in [2.45, 2.75) is 48.0 Å². The lowest BCUT2D eigenvalue weighted by atomic mass is 10.1. The molecule has 2 aromatic rings. The minimum atomic E-state index is -2.78. The second-order valence-corrected chi connectivity index (χ2v) is 10.9. The number of fused-ring (bicyclic) bond motifs is 1. The molecule has 0 radical (unpaired) electrons. The number of ether oxygens (including phenoxy) is 1. The lowest BCUT2D eigenvalue weighted by Crippen LogP contribution is -2.32. The molecule has 1 aliphatic rings. The van der Waals surface area contributed by atoms with Crippen molar-refractivity contribution in [3.05, 3.63) is 59.7 Å². The first-order chi connectivity index (χ1) is 12.6. The number of hydrogen-bond acceptors (Lipinski definition) is 5. The summed E-state index contributed by atoms with van der Waals surface area (Å²) in [5.41, 5.74) is 1.28. The van der Waals surface area contributed by atoms with Crippen molar-refractivity contribution in [1.82, 2.24) is 5.32 Å². The van der Waals surface area contributed by atoms with Crippen LogP contribution in [0.1, 0.15) is 37.1 Å². The Labute approximate surface area is 165 Å². The van der Waals surface area contributed by atoms with Crippen molar-refractivity contribution in [1.29, 1.82) is 0 Å². The molecule has 3 N–H and O–H groups in total. The summed E-state index contributed by atoms with van der Waals surface area (Å²) in [5.74, 6) is 0.310. The third-order valence-electron chi connectivity index (χ3n) is 4.01. The van der Waals surface area contributed by atoms with Gasteiger partial charge in [0.25, 0.3) is 0 Å². The van der Waals surface area contributed by atoms with E-state index in [1.54, 1.807) is 17.8 Å². The fraction of sp³-hybridized carbons (Fsp3) is 0.350. The fourth-order valence-electron chi connectivity index (χ4n) is 2.90. The summed E-state index contributed by atoms with van der Waals surface area (Å²) in [5, 5.41) is 2.71. The Morgan fingerprint density at radius 2 is 1.93 bits per heavy atom. The van der Waals surface area contributed by atoms with Gasteiger partial charge >= 0.3 is 6.09 Å². The highest BCUT2D eigenvalue weighted by atomic mass is 32.3. The Kier molecular flexibility index (Phi) is 5.76. The molecule has 3 rings (SSSR count). The van der Waals surface area contributed by atoms with Gasteiger partial charge in [0, 0.05) is 11.4 Å². The van der Waals surface area contributed by atoms with Gasteiger partial charge in [0.1, 0.15) is 5.60 Å². The first-order valence-electron chi connectivity index (χ1n) is 8.71. The summed E-state index contributed by atoms with van der Waals surface area (Å²) in [6, 6.07) is 15.5. The largest absolute Gasteiger partial charge is 0.444 e. The van der Waals surface area contributed by atoms with Crippen LogP contribution >= 0.6 is 22.4 Å². The van der Waals surface area contributed by atoms with Gasteiger partial charge in [-0.25, -0.2) is 4.79 Å². The van der Waals surface area contributed by atoms with Crippen molar-refractivity contribution in [3.8, 4) is 0 Å². The summed E-state index contributed by atoms with van der Waals surface area (Å²) in [6.07, 6.45) is -0.470. The maximum absolute atomic E-state index is 11.9. The van der Waals surface area contributed by atoms with E-state index in [0.717, 1.165) is 16.0 Å². The molecule has 27 heavy (non-hydrogen) atoms. The van der Waals surface area contributed by atoms with Crippen LogP contribution in [0, 0.1) is 0 Å². The van der Waals surface area contributed by atoms with Gasteiger partial charge in [-0.2, -0.15) is 10.6 Å². The summed E-state index contributed by atoms with van der Waals surface area (Å²) < 4.78 is 26.2. The Hall–Kier alpha value is -1.67. The van der Waals surface area contributed by atoms with Crippen LogP contribution in [0.5, 0.6) is 0 Å². The quantitative estimate of drug-likeness (QED) is 0.609. The van der Waals surface area contributed by atoms with Crippen LogP contribution in [-0.2, 0) is 11.3 Å². The number of hydrogen-bond donors (Lipinski definition) is 3. The van der Waals surface area contributed by atoms with E-state index in [0.29, 0.717) is 17.2 Å². The van der Waals surface area contributed by atoms with Gasteiger partial charge in [0.2, 0.25) is 0 Å². The smallest absolute Gasteiger partial charge is 0.407 e. The Balaban J connectivity index is 1.75.